The van der Waals surface area contributed by atoms with E-state index in [0.717, 1.165) is 5.56 Å². The summed E-state index contributed by atoms with van der Waals surface area (Å²) in [5.41, 5.74) is 0.789. The monoisotopic (exact) mass is 326 g/mol. The minimum atomic E-state index is -1.22. The summed E-state index contributed by atoms with van der Waals surface area (Å²) in [7, 11) is 0. The first-order valence-corrected chi connectivity index (χ1v) is 7.21. The van der Waals surface area contributed by atoms with E-state index in [4.69, 9.17) is 14.9 Å². The highest BCUT2D eigenvalue weighted by molar-refractivity contribution is 5.80. The number of hydrogen-bond acceptors (Lipinski definition) is 6. The van der Waals surface area contributed by atoms with Gasteiger partial charge in [0.2, 0.25) is 0 Å². The van der Waals surface area contributed by atoms with Gasteiger partial charge in [-0.15, -0.1) is 0 Å². The summed E-state index contributed by atoms with van der Waals surface area (Å²) in [6.07, 6.45) is -0.839. The SMILES string of the molecule is O=C(N[C@@H](CN(CCO)CCO)C(=O)O)OCc1ccccc1. The third-order valence-electron chi connectivity index (χ3n) is 3.08. The lowest BCUT2D eigenvalue weighted by Gasteiger charge is -2.24. The molecule has 1 aromatic rings. The average Bonchev–Trinajstić information content (AvgIpc) is 2.53. The van der Waals surface area contributed by atoms with Crippen LogP contribution in [-0.2, 0) is 16.1 Å². The quantitative estimate of drug-likeness (QED) is 0.464. The maximum absolute atomic E-state index is 11.7. The lowest BCUT2D eigenvalue weighted by Crippen LogP contribution is -2.49. The zero-order valence-electron chi connectivity index (χ0n) is 12.7. The molecule has 8 nitrogen and oxygen atoms in total. The van der Waals surface area contributed by atoms with Crippen LogP contribution >= 0.6 is 0 Å². The molecule has 1 rings (SSSR count). The Morgan fingerprint density at radius 2 is 1.74 bits per heavy atom. The molecule has 0 unspecified atom stereocenters. The number of aliphatic carboxylic acids is 1. The number of carboxylic acid groups (broad SMARTS) is 1. The molecule has 1 amide bonds. The normalized spacial score (nSPS) is 12.0. The topological polar surface area (TPSA) is 119 Å². The highest BCUT2D eigenvalue weighted by atomic mass is 16.5. The second-order valence-corrected chi connectivity index (χ2v) is 4.84. The highest BCUT2D eigenvalue weighted by Gasteiger charge is 2.23. The molecule has 0 fully saturated rings. The van der Waals surface area contributed by atoms with Crippen LogP contribution in [0.2, 0.25) is 0 Å². The number of nitrogens with one attached hydrogen (secondary N) is 1. The molecule has 0 saturated heterocycles. The summed E-state index contributed by atoms with van der Waals surface area (Å²) in [4.78, 5) is 24.5. The fraction of sp³-hybridized carbons (Fsp3) is 0.467. The minimum Gasteiger partial charge on any atom is -0.480 e. The van der Waals surface area contributed by atoms with Gasteiger partial charge in [-0.05, 0) is 5.56 Å². The predicted molar refractivity (Wildman–Crippen MR) is 81.8 cm³/mol. The largest absolute Gasteiger partial charge is 0.480 e. The zero-order chi connectivity index (χ0) is 17.1. The summed E-state index contributed by atoms with van der Waals surface area (Å²) in [5.74, 6) is -1.22. The molecule has 0 heterocycles. The van der Waals surface area contributed by atoms with E-state index < -0.39 is 18.1 Å². The number of ether oxygens (including phenoxy) is 1. The Morgan fingerprint density at radius 3 is 2.26 bits per heavy atom. The van der Waals surface area contributed by atoms with Crippen molar-refractivity contribution in [3.05, 3.63) is 35.9 Å². The van der Waals surface area contributed by atoms with Gasteiger partial charge in [-0.25, -0.2) is 9.59 Å². The van der Waals surface area contributed by atoms with Gasteiger partial charge in [0.1, 0.15) is 12.6 Å². The molecule has 128 valence electrons. The van der Waals surface area contributed by atoms with E-state index in [9.17, 15) is 14.7 Å². The van der Waals surface area contributed by atoms with Crippen molar-refractivity contribution in [1.29, 1.82) is 0 Å². The summed E-state index contributed by atoms with van der Waals surface area (Å²) in [6.45, 7) is 0.0403. The van der Waals surface area contributed by atoms with Gasteiger partial charge in [-0.1, -0.05) is 30.3 Å². The van der Waals surface area contributed by atoms with Crippen LogP contribution in [0.3, 0.4) is 0 Å². The van der Waals surface area contributed by atoms with Crippen LogP contribution in [0.4, 0.5) is 4.79 Å². The smallest absolute Gasteiger partial charge is 0.408 e. The summed E-state index contributed by atoms with van der Waals surface area (Å²) < 4.78 is 4.98. The lowest BCUT2D eigenvalue weighted by atomic mass is 10.2. The van der Waals surface area contributed by atoms with E-state index in [-0.39, 0.29) is 39.5 Å². The molecule has 0 aliphatic rings. The van der Waals surface area contributed by atoms with Crippen LogP contribution in [0.1, 0.15) is 5.56 Å². The zero-order valence-corrected chi connectivity index (χ0v) is 12.7. The molecular weight excluding hydrogens is 304 g/mol. The number of carbonyl (C=O) groups is 2. The molecule has 4 N–H and O–H groups in total. The van der Waals surface area contributed by atoms with Crippen molar-refractivity contribution in [2.75, 3.05) is 32.8 Å². The molecule has 0 bridgehead atoms. The van der Waals surface area contributed by atoms with Crippen molar-refractivity contribution in [2.24, 2.45) is 0 Å². The number of carbonyl (C=O) groups excluding carboxylic acids is 1. The Kier molecular flexibility index (Phi) is 8.66. The van der Waals surface area contributed by atoms with Crippen LogP contribution < -0.4 is 5.32 Å². The van der Waals surface area contributed by atoms with Crippen molar-refractivity contribution in [1.82, 2.24) is 10.2 Å². The van der Waals surface area contributed by atoms with E-state index in [1.54, 1.807) is 24.3 Å². The molecule has 0 aliphatic carbocycles. The van der Waals surface area contributed by atoms with Crippen molar-refractivity contribution in [3.63, 3.8) is 0 Å². The molecular formula is C15H22N2O6. The van der Waals surface area contributed by atoms with Crippen LogP contribution in [0.15, 0.2) is 30.3 Å². The van der Waals surface area contributed by atoms with Crippen molar-refractivity contribution in [2.45, 2.75) is 12.6 Å². The first-order valence-electron chi connectivity index (χ1n) is 7.21. The van der Waals surface area contributed by atoms with Gasteiger partial charge in [0.15, 0.2) is 0 Å². The number of hydrogen-bond donors (Lipinski definition) is 4. The number of nitrogens with zero attached hydrogens (tertiary/aromatic N) is 1. The Bertz CT molecular complexity index is 476. The fourth-order valence-electron chi connectivity index (χ4n) is 1.93. The number of amides is 1. The lowest BCUT2D eigenvalue weighted by molar-refractivity contribution is -0.140. The van der Waals surface area contributed by atoms with Crippen molar-refractivity contribution < 1.29 is 29.6 Å². The van der Waals surface area contributed by atoms with E-state index >= 15 is 0 Å². The maximum Gasteiger partial charge on any atom is 0.408 e. The molecule has 1 aromatic carbocycles. The first-order chi connectivity index (χ1) is 11.1. The summed E-state index contributed by atoms with van der Waals surface area (Å²) in [6, 6.07) is 7.81. The Hall–Kier alpha value is -2.16. The van der Waals surface area contributed by atoms with Gasteiger partial charge >= 0.3 is 12.1 Å². The molecule has 0 aliphatic heterocycles. The Balaban J connectivity index is 2.50. The second kappa shape index (κ2) is 10.5. The molecule has 0 saturated carbocycles. The van der Waals surface area contributed by atoms with Gasteiger partial charge in [0, 0.05) is 19.6 Å². The van der Waals surface area contributed by atoms with E-state index in [0.29, 0.717) is 0 Å². The summed E-state index contributed by atoms with van der Waals surface area (Å²) >= 11 is 0. The van der Waals surface area contributed by atoms with Crippen LogP contribution in [0, 0.1) is 0 Å². The Labute approximate surface area is 134 Å². The Morgan fingerprint density at radius 1 is 1.13 bits per heavy atom. The van der Waals surface area contributed by atoms with Crippen molar-refractivity contribution >= 4 is 12.1 Å². The first kappa shape index (κ1) is 18.9. The standard InChI is InChI=1S/C15H22N2O6/c18-8-6-17(7-9-19)10-13(14(20)21)16-15(22)23-11-12-4-2-1-3-5-12/h1-5,13,18-19H,6-11H2,(H,16,22)(H,20,21)/t13-/m0/s1. The molecule has 0 radical (unpaired) electrons. The fourth-order valence-corrected chi connectivity index (χ4v) is 1.93. The van der Waals surface area contributed by atoms with E-state index in [1.807, 2.05) is 6.07 Å². The maximum atomic E-state index is 11.7. The van der Waals surface area contributed by atoms with Gasteiger partial charge < -0.3 is 25.4 Å². The second-order valence-electron chi connectivity index (χ2n) is 4.84. The number of benzene rings is 1. The number of aliphatic hydroxyl groups excluding tert-OH is 2. The van der Waals surface area contributed by atoms with Crippen LogP contribution in [-0.4, -0.2) is 71.2 Å². The highest BCUT2D eigenvalue weighted by Crippen LogP contribution is 2.01. The van der Waals surface area contributed by atoms with Gasteiger partial charge in [-0.3, -0.25) is 4.90 Å². The van der Waals surface area contributed by atoms with Crippen molar-refractivity contribution in [3.8, 4) is 0 Å². The molecule has 8 heteroatoms. The number of rotatable bonds is 10. The average molecular weight is 326 g/mol. The number of carboxylic acids is 1. The van der Waals surface area contributed by atoms with Gasteiger partial charge in [0.05, 0.1) is 13.2 Å². The number of alkyl carbamates (subject to hydrolysis) is 1. The van der Waals surface area contributed by atoms with E-state index in [2.05, 4.69) is 5.32 Å². The van der Waals surface area contributed by atoms with Crippen LogP contribution in [0.25, 0.3) is 0 Å². The molecule has 0 aromatic heterocycles. The van der Waals surface area contributed by atoms with Gasteiger partial charge in [0.25, 0.3) is 0 Å². The minimum absolute atomic E-state index is 0.0377. The predicted octanol–water partition coefficient (Wildman–Crippen LogP) is -0.347. The van der Waals surface area contributed by atoms with Crippen LogP contribution in [0.5, 0.6) is 0 Å². The van der Waals surface area contributed by atoms with Gasteiger partial charge in [-0.2, -0.15) is 0 Å². The number of aliphatic hydroxyl groups is 2. The summed E-state index contributed by atoms with van der Waals surface area (Å²) in [5, 5.41) is 29.3. The molecule has 0 spiro atoms. The van der Waals surface area contributed by atoms with E-state index in [1.165, 1.54) is 4.90 Å². The third kappa shape index (κ3) is 7.59. The molecule has 23 heavy (non-hydrogen) atoms. The third-order valence-corrected chi connectivity index (χ3v) is 3.08. The molecule has 1 atom stereocenters.